The van der Waals surface area contributed by atoms with E-state index < -0.39 is 0 Å². The number of thiophene rings is 1. The number of rotatable bonds is 5. The number of aryl methyl sites for hydroxylation is 2. The van der Waals surface area contributed by atoms with Crippen LogP contribution >= 0.6 is 11.3 Å². The Morgan fingerprint density at radius 2 is 2.04 bits per heavy atom. The minimum Gasteiger partial charge on any atom is -0.350 e. The van der Waals surface area contributed by atoms with E-state index in [1.165, 1.54) is 23.3 Å². The maximum Gasteiger partial charge on any atom is 0.253 e. The third-order valence-corrected chi connectivity index (χ3v) is 6.29. The SMILES string of the molecule is Cc1ccc2nc(C)c(C(=O)NCC(c3cccs3)N3CCCC3)cc2c1. The van der Waals surface area contributed by atoms with Crippen LogP contribution in [0.25, 0.3) is 10.9 Å². The molecule has 0 aliphatic carbocycles. The van der Waals surface area contributed by atoms with Crippen LogP contribution in [0.15, 0.2) is 41.8 Å². The summed E-state index contributed by atoms with van der Waals surface area (Å²) in [6.07, 6.45) is 2.48. The van der Waals surface area contributed by atoms with Crippen LogP contribution in [0.2, 0.25) is 0 Å². The quantitative estimate of drug-likeness (QED) is 0.711. The van der Waals surface area contributed by atoms with Crippen molar-refractivity contribution in [3.8, 4) is 0 Å². The maximum absolute atomic E-state index is 12.9. The number of aromatic nitrogens is 1. The molecule has 3 heterocycles. The van der Waals surface area contributed by atoms with E-state index in [9.17, 15) is 4.79 Å². The monoisotopic (exact) mass is 379 g/mol. The van der Waals surface area contributed by atoms with Gasteiger partial charge in [0.25, 0.3) is 5.91 Å². The van der Waals surface area contributed by atoms with Gasteiger partial charge in [0.15, 0.2) is 0 Å². The molecule has 1 fully saturated rings. The second kappa shape index (κ2) is 7.79. The Balaban J connectivity index is 1.54. The van der Waals surface area contributed by atoms with Gasteiger partial charge < -0.3 is 5.32 Å². The van der Waals surface area contributed by atoms with E-state index in [1.54, 1.807) is 11.3 Å². The Labute approximate surface area is 164 Å². The zero-order chi connectivity index (χ0) is 18.8. The molecule has 140 valence electrons. The summed E-state index contributed by atoms with van der Waals surface area (Å²) in [7, 11) is 0. The number of likely N-dealkylation sites (tertiary alicyclic amines) is 1. The molecule has 1 saturated heterocycles. The van der Waals surface area contributed by atoms with Crippen LogP contribution in [0, 0.1) is 13.8 Å². The predicted molar refractivity (Wildman–Crippen MR) is 111 cm³/mol. The van der Waals surface area contributed by atoms with E-state index in [-0.39, 0.29) is 11.9 Å². The summed E-state index contributed by atoms with van der Waals surface area (Å²) >= 11 is 1.77. The molecular weight excluding hydrogens is 354 g/mol. The van der Waals surface area contributed by atoms with Gasteiger partial charge in [-0.2, -0.15) is 0 Å². The number of fused-ring (bicyclic) bond motifs is 1. The summed E-state index contributed by atoms with van der Waals surface area (Å²) in [5, 5.41) is 6.30. The van der Waals surface area contributed by atoms with Crippen LogP contribution < -0.4 is 5.32 Å². The second-order valence-electron chi connectivity index (χ2n) is 7.30. The molecule has 1 unspecified atom stereocenters. The molecule has 0 radical (unpaired) electrons. The van der Waals surface area contributed by atoms with E-state index in [0.29, 0.717) is 12.1 Å². The van der Waals surface area contributed by atoms with Gasteiger partial charge in [0.05, 0.1) is 22.8 Å². The van der Waals surface area contributed by atoms with Gasteiger partial charge in [0.1, 0.15) is 0 Å². The van der Waals surface area contributed by atoms with Gasteiger partial charge in [-0.25, -0.2) is 0 Å². The van der Waals surface area contributed by atoms with Gasteiger partial charge in [-0.1, -0.05) is 17.7 Å². The van der Waals surface area contributed by atoms with Crippen LogP contribution in [-0.4, -0.2) is 35.4 Å². The van der Waals surface area contributed by atoms with Crippen LogP contribution in [0.1, 0.15) is 45.4 Å². The zero-order valence-electron chi connectivity index (χ0n) is 15.9. The summed E-state index contributed by atoms with van der Waals surface area (Å²) in [5.74, 6) is -0.0378. The lowest BCUT2D eigenvalue weighted by atomic mass is 10.1. The summed E-state index contributed by atoms with van der Waals surface area (Å²) < 4.78 is 0. The molecule has 0 spiro atoms. The van der Waals surface area contributed by atoms with Gasteiger partial charge in [-0.05, 0) is 69.4 Å². The number of hydrogen-bond acceptors (Lipinski definition) is 4. The Kier molecular flexibility index (Phi) is 5.23. The predicted octanol–water partition coefficient (Wildman–Crippen LogP) is 4.48. The number of carbonyl (C=O) groups is 1. The molecular formula is C22H25N3OS. The van der Waals surface area contributed by atoms with Crippen molar-refractivity contribution in [1.82, 2.24) is 15.2 Å². The molecule has 4 rings (SSSR count). The summed E-state index contributed by atoms with van der Waals surface area (Å²) in [4.78, 5) is 21.3. The number of benzene rings is 1. The first-order valence-corrected chi connectivity index (χ1v) is 10.4. The van der Waals surface area contributed by atoms with Crippen molar-refractivity contribution < 1.29 is 4.79 Å². The summed E-state index contributed by atoms with van der Waals surface area (Å²) in [6, 6.07) is 12.6. The average Bonchev–Trinajstić information content (AvgIpc) is 3.36. The highest BCUT2D eigenvalue weighted by Crippen LogP contribution is 2.28. The molecule has 1 aromatic carbocycles. The Bertz CT molecular complexity index is 946. The fraction of sp³-hybridized carbons (Fsp3) is 0.364. The van der Waals surface area contributed by atoms with E-state index in [1.807, 2.05) is 19.1 Å². The minimum absolute atomic E-state index is 0.0378. The second-order valence-corrected chi connectivity index (χ2v) is 8.28. The standard InChI is InChI=1S/C22H25N3OS/c1-15-7-8-19-17(12-15)13-18(16(2)24-19)22(26)23-14-20(21-6-5-11-27-21)25-9-3-4-10-25/h5-8,11-13,20H,3-4,9-10,14H2,1-2H3,(H,23,26). The molecule has 1 N–H and O–H groups in total. The minimum atomic E-state index is -0.0378. The number of pyridine rings is 1. The number of hydrogen-bond donors (Lipinski definition) is 1. The smallest absolute Gasteiger partial charge is 0.253 e. The van der Waals surface area contributed by atoms with Gasteiger partial charge >= 0.3 is 0 Å². The van der Waals surface area contributed by atoms with Gasteiger partial charge in [0, 0.05) is 16.8 Å². The molecule has 0 saturated carbocycles. The molecule has 27 heavy (non-hydrogen) atoms. The lowest BCUT2D eigenvalue weighted by Gasteiger charge is -2.27. The third-order valence-electron chi connectivity index (χ3n) is 5.31. The molecule has 4 nitrogen and oxygen atoms in total. The molecule has 1 aliphatic rings. The normalized spacial score (nSPS) is 15.9. The van der Waals surface area contributed by atoms with Crippen molar-refractivity contribution in [1.29, 1.82) is 0 Å². The average molecular weight is 380 g/mol. The Hall–Kier alpha value is -2.24. The van der Waals surface area contributed by atoms with Crippen LogP contribution in [0.4, 0.5) is 0 Å². The van der Waals surface area contributed by atoms with E-state index >= 15 is 0 Å². The largest absolute Gasteiger partial charge is 0.350 e. The van der Waals surface area contributed by atoms with Crippen molar-refractivity contribution in [2.75, 3.05) is 19.6 Å². The summed E-state index contributed by atoms with van der Waals surface area (Å²) in [5.41, 5.74) is 3.55. The van der Waals surface area contributed by atoms with E-state index in [0.717, 1.165) is 29.7 Å². The van der Waals surface area contributed by atoms with Crippen LogP contribution in [0.5, 0.6) is 0 Å². The van der Waals surface area contributed by atoms with E-state index in [4.69, 9.17) is 0 Å². The first-order valence-electron chi connectivity index (χ1n) is 9.55. The lowest BCUT2D eigenvalue weighted by molar-refractivity contribution is 0.0937. The van der Waals surface area contributed by atoms with Crippen molar-refractivity contribution in [3.05, 3.63) is 63.5 Å². The number of carbonyl (C=O) groups excluding carboxylic acids is 1. The highest BCUT2D eigenvalue weighted by Gasteiger charge is 2.25. The topological polar surface area (TPSA) is 45.2 Å². The molecule has 5 heteroatoms. The Morgan fingerprint density at radius 3 is 2.78 bits per heavy atom. The lowest BCUT2D eigenvalue weighted by Crippen LogP contribution is -2.36. The highest BCUT2D eigenvalue weighted by molar-refractivity contribution is 7.10. The molecule has 0 bridgehead atoms. The molecule has 1 amide bonds. The molecule has 3 aromatic rings. The van der Waals surface area contributed by atoms with Crippen LogP contribution in [-0.2, 0) is 0 Å². The van der Waals surface area contributed by atoms with Gasteiger partial charge in [-0.3, -0.25) is 14.7 Å². The van der Waals surface area contributed by atoms with Gasteiger partial charge in [0.2, 0.25) is 0 Å². The highest BCUT2D eigenvalue weighted by atomic mass is 32.1. The number of nitrogens with one attached hydrogen (secondary N) is 1. The Morgan fingerprint density at radius 1 is 1.22 bits per heavy atom. The maximum atomic E-state index is 12.9. The number of amides is 1. The van der Waals surface area contributed by atoms with Gasteiger partial charge in [-0.15, -0.1) is 11.3 Å². The van der Waals surface area contributed by atoms with Crippen molar-refractivity contribution in [2.24, 2.45) is 0 Å². The fourth-order valence-electron chi connectivity index (χ4n) is 3.85. The van der Waals surface area contributed by atoms with E-state index in [2.05, 4.69) is 51.8 Å². The summed E-state index contributed by atoms with van der Waals surface area (Å²) in [6.45, 7) is 6.80. The van der Waals surface area contributed by atoms with Crippen molar-refractivity contribution >= 4 is 28.1 Å². The van der Waals surface area contributed by atoms with Crippen molar-refractivity contribution in [2.45, 2.75) is 32.7 Å². The fourth-order valence-corrected chi connectivity index (χ4v) is 4.71. The molecule has 1 aliphatic heterocycles. The van der Waals surface area contributed by atoms with Crippen molar-refractivity contribution in [3.63, 3.8) is 0 Å². The zero-order valence-corrected chi connectivity index (χ0v) is 16.7. The first-order chi connectivity index (χ1) is 13.1. The molecule has 2 aromatic heterocycles. The molecule has 1 atom stereocenters. The first kappa shape index (κ1) is 18.1. The third kappa shape index (κ3) is 3.89. The number of nitrogens with zero attached hydrogens (tertiary/aromatic N) is 2. The van der Waals surface area contributed by atoms with Crippen LogP contribution in [0.3, 0.4) is 0 Å².